The molecule has 0 radical (unpaired) electrons. The number of primary amides is 1. The number of aliphatic hydroxyl groups is 2. The fraction of sp³-hybridized carbons (Fsp3) is 0.435. The van der Waals surface area contributed by atoms with Crippen LogP contribution in [0.3, 0.4) is 0 Å². The molecule has 0 saturated carbocycles. The second kappa shape index (κ2) is 13.3. The van der Waals surface area contributed by atoms with Gasteiger partial charge in [0, 0.05) is 29.9 Å². The minimum absolute atomic E-state index is 0.0814. The van der Waals surface area contributed by atoms with Crippen LogP contribution in [0.5, 0.6) is 0 Å². The SMILES string of the molecule is CC(O)C(NC(=O)C(CCC(N)=O)NC(=O)C(N)CO)C(=O)NC(Cc1c[nH]c2ccccc12)C(=O)O. The van der Waals surface area contributed by atoms with Crippen molar-refractivity contribution < 1.29 is 39.3 Å². The van der Waals surface area contributed by atoms with Crippen LogP contribution in [0.15, 0.2) is 30.5 Å². The number of aromatic amines is 1. The van der Waals surface area contributed by atoms with Gasteiger partial charge < -0.3 is 47.7 Å². The van der Waals surface area contributed by atoms with Gasteiger partial charge in [-0.15, -0.1) is 0 Å². The van der Waals surface area contributed by atoms with Crippen molar-refractivity contribution in [2.45, 2.75) is 56.5 Å². The minimum Gasteiger partial charge on any atom is -0.480 e. The van der Waals surface area contributed by atoms with Crippen molar-refractivity contribution in [2.75, 3.05) is 6.61 Å². The zero-order valence-electron chi connectivity index (χ0n) is 20.1. The number of aliphatic hydroxyl groups excluding tert-OH is 2. The van der Waals surface area contributed by atoms with Crippen LogP contribution < -0.4 is 27.4 Å². The lowest BCUT2D eigenvalue weighted by Gasteiger charge is -2.26. The first kappa shape index (κ1) is 29.2. The molecule has 37 heavy (non-hydrogen) atoms. The molecule has 5 unspecified atom stereocenters. The van der Waals surface area contributed by atoms with Crippen LogP contribution in [-0.2, 0) is 30.4 Å². The summed E-state index contributed by atoms with van der Waals surface area (Å²) in [5, 5.41) is 36.5. The summed E-state index contributed by atoms with van der Waals surface area (Å²) in [5.74, 6) is -4.93. The topological polar surface area (TPSA) is 250 Å². The van der Waals surface area contributed by atoms with Crippen molar-refractivity contribution in [3.8, 4) is 0 Å². The maximum absolute atomic E-state index is 12.9. The smallest absolute Gasteiger partial charge is 0.326 e. The van der Waals surface area contributed by atoms with E-state index in [1.54, 1.807) is 18.3 Å². The molecule has 0 fully saturated rings. The van der Waals surface area contributed by atoms with Gasteiger partial charge in [0.1, 0.15) is 24.2 Å². The number of H-pyrrole nitrogens is 1. The van der Waals surface area contributed by atoms with Crippen molar-refractivity contribution in [3.63, 3.8) is 0 Å². The average Bonchev–Trinajstić information content (AvgIpc) is 3.26. The van der Waals surface area contributed by atoms with E-state index in [4.69, 9.17) is 16.6 Å². The number of carbonyl (C=O) groups is 5. The summed E-state index contributed by atoms with van der Waals surface area (Å²) in [7, 11) is 0. The zero-order chi connectivity index (χ0) is 27.7. The van der Waals surface area contributed by atoms with Gasteiger partial charge in [-0.05, 0) is 25.0 Å². The maximum Gasteiger partial charge on any atom is 0.326 e. The Bertz CT molecular complexity index is 1130. The van der Waals surface area contributed by atoms with Crippen LogP contribution >= 0.6 is 0 Å². The number of rotatable bonds is 14. The van der Waals surface area contributed by atoms with Gasteiger partial charge in [-0.1, -0.05) is 18.2 Å². The highest BCUT2D eigenvalue weighted by Gasteiger charge is 2.33. The zero-order valence-corrected chi connectivity index (χ0v) is 20.1. The van der Waals surface area contributed by atoms with Crippen molar-refractivity contribution in [1.82, 2.24) is 20.9 Å². The van der Waals surface area contributed by atoms with Crippen LogP contribution in [0.1, 0.15) is 25.3 Å². The van der Waals surface area contributed by atoms with Crippen molar-refractivity contribution >= 4 is 40.5 Å². The Morgan fingerprint density at radius 3 is 2.24 bits per heavy atom. The molecule has 2 aromatic rings. The predicted molar refractivity (Wildman–Crippen MR) is 131 cm³/mol. The fourth-order valence-corrected chi connectivity index (χ4v) is 3.56. The van der Waals surface area contributed by atoms with Crippen molar-refractivity contribution in [1.29, 1.82) is 0 Å². The molecule has 1 heterocycles. The number of hydrogen-bond donors (Lipinski definition) is 9. The molecule has 1 aromatic carbocycles. The van der Waals surface area contributed by atoms with E-state index in [1.807, 2.05) is 12.1 Å². The maximum atomic E-state index is 12.9. The summed E-state index contributed by atoms with van der Waals surface area (Å²) >= 11 is 0. The Balaban J connectivity index is 2.16. The highest BCUT2D eigenvalue weighted by Crippen LogP contribution is 2.19. The molecule has 11 N–H and O–H groups in total. The van der Waals surface area contributed by atoms with Crippen LogP contribution in [0.25, 0.3) is 10.9 Å². The molecule has 0 saturated heterocycles. The third-order valence-electron chi connectivity index (χ3n) is 5.62. The molecule has 0 bridgehead atoms. The first-order valence-electron chi connectivity index (χ1n) is 11.5. The molecule has 0 aliphatic carbocycles. The predicted octanol–water partition coefficient (Wildman–Crippen LogP) is -2.78. The highest BCUT2D eigenvalue weighted by atomic mass is 16.4. The van der Waals surface area contributed by atoms with Gasteiger partial charge in [-0.3, -0.25) is 19.2 Å². The molecule has 5 atom stereocenters. The van der Waals surface area contributed by atoms with Gasteiger partial charge in [0.15, 0.2) is 0 Å². The monoisotopic (exact) mass is 520 g/mol. The van der Waals surface area contributed by atoms with Crippen LogP contribution in [0.2, 0.25) is 0 Å². The van der Waals surface area contributed by atoms with E-state index >= 15 is 0 Å². The van der Waals surface area contributed by atoms with Crippen LogP contribution in [0.4, 0.5) is 0 Å². The lowest BCUT2D eigenvalue weighted by atomic mass is 10.0. The van der Waals surface area contributed by atoms with Gasteiger partial charge in [0.2, 0.25) is 23.6 Å². The van der Waals surface area contributed by atoms with E-state index in [9.17, 15) is 34.2 Å². The molecule has 0 aliphatic heterocycles. The average molecular weight is 521 g/mol. The van der Waals surface area contributed by atoms with E-state index in [2.05, 4.69) is 20.9 Å². The third kappa shape index (κ3) is 8.27. The largest absolute Gasteiger partial charge is 0.480 e. The molecular weight excluding hydrogens is 488 g/mol. The van der Waals surface area contributed by atoms with E-state index < -0.39 is 66.5 Å². The van der Waals surface area contributed by atoms with Gasteiger partial charge >= 0.3 is 5.97 Å². The van der Waals surface area contributed by atoms with Gasteiger partial charge in [0.25, 0.3) is 0 Å². The molecule has 4 amide bonds. The van der Waals surface area contributed by atoms with Gasteiger partial charge in [0.05, 0.1) is 12.7 Å². The van der Waals surface area contributed by atoms with Crippen LogP contribution in [-0.4, -0.2) is 86.8 Å². The Morgan fingerprint density at radius 2 is 1.65 bits per heavy atom. The normalized spacial score (nSPS) is 15.1. The molecule has 14 heteroatoms. The molecule has 2 rings (SSSR count). The van der Waals surface area contributed by atoms with E-state index in [0.29, 0.717) is 5.56 Å². The number of amides is 4. The van der Waals surface area contributed by atoms with Crippen molar-refractivity contribution in [3.05, 3.63) is 36.0 Å². The summed E-state index contributed by atoms with van der Waals surface area (Å²) in [6.45, 7) is 0.500. The standard InChI is InChI=1S/C23H32N6O8/c1-11(31)19(29-21(34)16(6-7-18(25)32)27-20(33)14(24)10-30)22(35)28-17(23(36)37)8-12-9-26-15-5-3-2-4-13(12)15/h2-5,9,11,14,16-17,19,26,30-31H,6-8,10,24H2,1H3,(H2,25,32)(H,27,33)(H,28,35)(H,29,34)(H,36,37). The number of aromatic nitrogens is 1. The van der Waals surface area contributed by atoms with Gasteiger partial charge in [-0.2, -0.15) is 0 Å². The second-order valence-corrected chi connectivity index (χ2v) is 8.55. The number of para-hydroxylation sites is 1. The molecule has 202 valence electrons. The first-order valence-corrected chi connectivity index (χ1v) is 11.5. The Hall–Kier alpha value is -4.01. The fourth-order valence-electron chi connectivity index (χ4n) is 3.56. The van der Waals surface area contributed by atoms with Crippen LogP contribution in [0, 0.1) is 0 Å². The van der Waals surface area contributed by atoms with Crippen molar-refractivity contribution in [2.24, 2.45) is 11.5 Å². The second-order valence-electron chi connectivity index (χ2n) is 8.55. The van der Waals surface area contributed by atoms with E-state index in [0.717, 1.165) is 10.9 Å². The summed E-state index contributed by atoms with van der Waals surface area (Å²) in [6.07, 6.45) is -0.466. The number of fused-ring (bicyclic) bond motifs is 1. The van der Waals surface area contributed by atoms with E-state index in [1.165, 1.54) is 6.92 Å². The Morgan fingerprint density at radius 1 is 1.00 bits per heavy atom. The Labute approximate surface area is 211 Å². The summed E-state index contributed by atoms with van der Waals surface area (Å²) in [6, 6.07) is 1.49. The number of carbonyl (C=O) groups excluding carboxylic acids is 4. The molecular formula is C23H32N6O8. The lowest BCUT2D eigenvalue weighted by molar-refractivity contribution is -0.143. The van der Waals surface area contributed by atoms with E-state index in [-0.39, 0.29) is 19.3 Å². The first-order chi connectivity index (χ1) is 17.4. The molecule has 1 aromatic heterocycles. The Kier molecular flexibility index (Phi) is 10.5. The molecule has 0 spiro atoms. The number of carboxylic acid groups (broad SMARTS) is 1. The third-order valence-corrected chi connectivity index (χ3v) is 5.62. The minimum atomic E-state index is -1.60. The quantitative estimate of drug-likeness (QED) is 0.125. The number of aliphatic carboxylic acids is 1. The summed E-state index contributed by atoms with van der Waals surface area (Å²) < 4.78 is 0. The molecule has 14 nitrogen and oxygen atoms in total. The number of hydrogen-bond acceptors (Lipinski definition) is 8. The number of carboxylic acids is 1. The van der Waals surface area contributed by atoms with Gasteiger partial charge in [-0.25, -0.2) is 4.79 Å². The number of nitrogens with one attached hydrogen (secondary N) is 4. The highest BCUT2D eigenvalue weighted by molar-refractivity contribution is 5.95. The molecule has 0 aliphatic rings. The number of nitrogens with two attached hydrogens (primary N) is 2. The summed E-state index contributed by atoms with van der Waals surface area (Å²) in [4.78, 5) is 63.9. The number of benzene rings is 1. The lowest BCUT2D eigenvalue weighted by Crippen LogP contribution is -2.60. The summed E-state index contributed by atoms with van der Waals surface area (Å²) in [5.41, 5.74) is 12.0.